The molecule has 160 valence electrons. The molecule has 1 N–H and O–H groups in total. The molecule has 0 fully saturated rings. The highest BCUT2D eigenvalue weighted by molar-refractivity contribution is 7.99. The minimum atomic E-state index is -0.0443. The minimum Gasteiger partial charge on any atom is -0.497 e. The number of nitrogens with one attached hydrogen (secondary N) is 1. The lowest BCUT2D eigenvalue weighted by atomic mass is 9.97. The van der Waals surface area contributed by atoms with E-state index in [1.54, 1.807) is 18.4 Å². The molecule has 0 atom stereocenters. The fraction of sp³-hybridized carbons (Fsp3) is 0.364. The average molecular weight is 454 g/mol. The summed E-state index contributed by atoms with van der Waals surface area (Å²) >= 11 is 3.18. The highest BCUT2D eigenvalue weighted by Gasteiger charge is 2.22. The van der Waals surface area contributed by atoms with E-state index >= 15 is 0 Å². The third kappa shape index (κ3) is 3.87. The Morgan fingerprint density at radius 1 is 1.23 bits per heavy atom. The van der Waals surface area contributed by atoms with Crippen molar-refractivity contribution in [3.05, 3.63) is 46.1 Å². The number of rotatable bonds is 6. The van der Waals surface area contributed by atoms with Crippen molar-refractivity contribution in [2.75, 3.05) is 12.9 Å². The molecule has 3 aromatic heterocycles. The van der Waals surface area contributed by atoms with E-state index in [-0.39, 0.29) is 11.7 Å². The van der Waals surface area contributed by atoms with Crippen LogP contribution in [0.5, 0.6) is 5.75 Å². The first-order valence-corrected chi connectivity index (χ1v) is 12.1. The highest BCUT2D eigenvalue weighted by Crippen LogP contribution is 2.38. The van der Waals surface area contributed by atoms with Crippen molar-refractivity contribution in [3.63, 3.8) is 0 Å². The van der Waals surface area contributed by atoms with Crippen molar-refractivity contribution in [2.24, 2.45) is 0 Å². The van der Waals surface area contributed by atoms with Gasteiger partial charge in [0.15, 0.2) is 10.8 Å². The highest BCUT2D eigenvalue weighted by atomic mass is 32.2. The van der Waals surface area contributed by atoms with Crippen LogP contribution in [0.15, 0.2) is 29.4 Å². The van der Waals surface area contributed by atoms with Gasteiger partial charge in [-0.25, -0.2) is 4.98 Å². The van der Waals surface area contributed by atoms with Crippen molar-refractivity contribution < 1.29 is 9.53 Å². The van der Waals surface area contributed by atoms with Gasteiger partial charge in [-0.15, -0.1) is 21.5 Å². The molecule has 4 aromatic rings. The Balaban J connectivity index is 1.31. The fourth-order valence-corrected chi connectivity index (χ4v) is 6.11. The number of thiophene rings is 1. The van der Waals surface area contributed by atoms with E-state index < -0.39 is 0 Å². The normalized spacial score (nSPS) is 13.5. The molecule has 1 aromatic carbocycles. The molecule has 3 heterocycles. The Labute approximate surface area is 188 Å². The van der Waals surface area contributed by atoms with Crippen LogP contribution in [0.25, 0.3) is 15.9 Å². The van der Waals surface area contributed by atoms with Crippen LogP contribution < -0.4 is 10.1 Å². The Morgan fingerprint density at radius 2 is 2.03 bits per heavy atom. The SMILES string of the molecule is COc1ccc(CNC(=O)CSc2nnc3c4c5c(sc4nc(C)n23)CCCC5)cc1. The molecule has 0 saturated heterocycles. The average Bonchev–Trinajstić information content (AvgIpc) is 3.38. The number of thioether (sulfide) groups is 1. The number of aryl methyl sites for hydroxylation is 3. The van der Waals surface area contributed by atoms with Gasteiger partial charge in [0.2, 0.25) is 5.91 Å². The second-order valence-electron chi connectivity index (χ2n) is 7.61. The minimum absolute atomic E-state index is 0.0443. The van der Waals surface area contributed by atoms with Crippen molar-refractivity contribution in [1.82, 2.24) is 24.9 Å². The summed E-state index contributed by atoms with van der Waals surface area (Å²) in [4.78, 5) is 19.7. The van der Waals surface area contributed by atoms with E-state index in [0.717, 1.165) is 45.8 Å². The third-order valence-corrected chi connectivity index (χ3v) is 7.69. The Bertz CT molecular complexity index is 1260. The molecule has 1 aliphatic rings. The topological polar surface area (TPSA) is 81.4 Å². The fourth-order valence-electron chi connectivity index (χ4n) is 4.00. The number of hydrogen-bond donors (Lipinski definition) is 1. The van der Waals surface area contributed by atoms with Crippen molar-refractivity contribution in [2.45, 2.75) is 44.3 Å². The van der Waals surface area contributed by atoms with Gasteiger partial charge in [-0.05, 0) is 55.9 Å². The van der Waals surface area contributed by atoms with Crippen LogP contribution in [-0.2, 0) is 24.2 Å². The maximum atomic E-state index is 12.4. The predicted octanol–water partition coefficient (Wildman–Crippen LogP) is 3.94. The maximum Gasteiger partial charge on any atom is 0.230 e. The van der Waals surface area contributed by atoms with E-state index in [2.05, 4.69) is 15.5 Å². The molecule has 0 spiro atoms. The number of aromatic nitrogens is 4. The number of hydrogen-bond acceptors (Lipinski definition) is 7. The van der Waals surface area contributed by atoms with Gasteiger partial charge in [0.05, 0.1) is 18.2 Å². The zero-order valence-electron chi connectivity index (χ0n) is 17.5. The largest absolute Gasteiger partial charge is 0.497 e. The lowest BCUT2D eigenvalue weighted by Gasteiger charge is -2.10. The Morgan fingerprint density at radius 3 is 2.84 bits per heavy atom. The van der Waals surface area contributed by atoms with Gasteiger partial charge in [-0.2, -0.15) is 0 Å². The second-order valence-corrected chi connectivity index (χ2v) is 9.63. The van der Waals surface area contributed by atoms with Crippen molar-refractivity contribution in [1.29, 1.82) is 0 Å². The smallest absolute Gasteiger partial charge is 0.230 e. The first-order valence-electron chi connectivity index (χ1n) is 10.3. The van der Waals surface area contributed by atoms with E-state index in [0.29, 0.717) is 11.7 Å². The number of fused-ring (bicyclic) bond motifs is 5. The quantitative estimate of drug-likeness (QED) is 0.445. The van der Waals surface area contributed by atoms with E-state index in [9.17, 15) is 4.79 Å². The number of ether oxygens (including phenoxy) is 1. The molecule has 5 rings (SSSR count). The standard InChI is InChI=1S/C22H23N5O2S2/c1-13-24-21-19(16-5-3-4-6-17(16)31-21)20-25-26-22(27(13)20)30-12-18(28)23-11-14-7-9-15(29-2)10-8-14/h7-10H,3-6,11-12H2,1-2H3,(H,23,28). The summed E-state index contributed by atoms with van der Waals surface area (Å²) in [6, 6.07) is 7.66. The summed E-state index contributed by atoms with van der Waals surface area (Å²) in [5, 5.41) is 13.7. The van der Waals surface area contributed by atoms with E-state index in [4.69, 9.17) is 9.72 Å². The van der Waals surface area contributed by atoms with Gasteiger partial charge in [0.1, 0.15) is 16.4 Å². The van der Waals surface area contributed by atoms with Crippen LogP contribution in [0.2, 0.25) is 0 Å². The van der Waals surface area contributed by atoms with Crippen LogP contribution in [0, 0.1) is 6.92 Å². The molecular weight excluding hydrogens is 430 g/mol. The summed E-state index contributed by atoms with van der Waals surface area (Å²) in [6.45, 7) is 2.45. The Hall–Kier alpha value is -2.65. The molecule has 31 heavy (non-hydrogen) atoms. The number of carbonyl (C=O) groups excluding carboxylic acids is 1. The first kappa shape index (κ1) is 20.3. The van der Waals surface area contributed by atoms with E-state index in [1.807, 2.05) is 35.6 Å². The molecule has 0 saturated carbocycles. The summed E-state index contributed by atoms with van der Waals surface area (Å²) in [5.41, 5.74) is 3.28. The number of carbonyl (C=O) groups is 1. The molecule has 1 amide bonds. The van der Waals surface area contributed by atoms with Crippen LogP contribution in [-0.4, -0.2) is 38.4 Å². The van der Waals surface area contributed by atoms with Gasteiger partial charge in [-0.1, -0.05) is 23.9 Å². The van der Waals surface area contributed by atoms with Gasteiger partial charge in [0.25, 0.3) is 0 Å². The van der Waals surface area contributed by atoms with Crippen LogP contribution in [0.3, 0.4) is 0 Å². The van der Waals surface area contributed by atoms with E-state index in [1.165, 1.54) is 35.0 Å². The molecular formula is C22H23N5O2S2. The van der Waals surface area contributed by atoms with Gasteiger partial charge in [0, 0.05) is 11.4 Å². The van der Waals surface area contributed by atoms with Gasteiger partial charge < -0.3 is 10.1 Å². The van der Waals surface area contributed by atoms with Crippen LogP contribution in [0.4, 0.5) is 0 Å². The monoisotopic (exact) mass is 453 g/mol. The molecule has 9 heteroatoms. The predicted molar refractivity (Wildman–Crippen MR) is 123 cm³/mol. The molecule has 7 nitrogen and oxygen atoms in total. The molecule has 0 radical (unpaired) electrons. The number of nitrogens with zero attached hydrogens (tertiary/aromatic N) is 4. The maximum absolute atomic E-state index is 12.4. The third-order valence-electron chi connectivity index (χ3n) is 5.58. The lowest BCUT2D eigenvalue weighted by Crippen LogP contribution is -2.24. The molecule has 0 bridgehead atoms. The Kier molecular flexibility index (Phi) is 5.54. The lowest BCUT2D eigenvalue weighted by molar-refractivity contribution is -0.118. The zero-order valence-corrected chi connectivity index (χ0v) is 19.1. The van der Waals surface area contributed by atoms with Gasteiger partial charge in [-0.3, -0.25) is 9.20 Å². The summed E-state index contributed by atoms with van der Waals surface area (Å²) < 4.78 is 7.15. The molecule has 1 aliphatic carbocycles. The summed E-state index contributed by atoms with van der Waals surface area (Å²) in [5.74, 6) is 1.88. The molecule has 0 unspecified atom stereocenters. The molecule has 0 aliphatic heterocycles. The van der Waals surface area contributed by atoms with Crippen molar-refractivity contribution in [3.8, 4) is 5.75 Å². The summed E-state index contributed by atoms with van der Waals surface area (Å²) in [7, 11) is 1.64. The number of amides is 1. The second kappa shape index (κ2) is 8.47. The van der Waals surface area contributed by atoms with Crippen LogP contribution >= 0.6 is 23.1 Å². The zero-order chi connectivity index (χ0) is 21.4. The summed E-state index contributed by atoms with van der Waals surface area (Å²) in [6.07, 6.45) is 4.67. The van der Waals surface area contributed by atoms with Crippen molar-refractivity contribution >= 4 is 44.9 Å². The van der Waals surface area contributed by atoms with Crippen LogP contribution in [0.1, 0.15) is 34.7 Å². The number of benzene rings is 1. The number of methoxy groups -OCH3 is 1. The van der Waals surface area contributed by atoms with Gasteiger partial charge >= 0.3 is 0 Å². The first-order chi connectivity index (χ1) is 15.1.